The van der Waals surface area contributed by atoms with Crippen LogP contribution in [0, 0.1) is 5.92 Å². The summed E-state index contributed by atoms with van der Waals surface area (Å²) in [7, 11) is 0. The maximum atomic E-state index is 6.82. The van der Waals surface area contributed by atoms with Crippen molar-refractivity contribution in [3.63, 3.8) is 0 Å². The number of hydrogen-bond acceptors (Lipinski definition) is 0. The second-order valence-corrected chi connectivity index (χ2v) is 9.55. The number of allylic oxidation sites excluding steroid dienone is 2. The maximum absolute atomic E-state index is 6.82. The second-order valence-electron chi connectivity index (χ2n) is 9.17. The van der Waals surface area contributed by atoms with Crippen molar-refractivity contribution < 1.29 is 0 Å². The van der Waals surface area contributed by atoms with Crippen LogP contribution >= 0.6 is 11.6 Å². The van der Waals surface area contributed by atoms with Gasteiger partial charge < -0.3 is 0 Å². The highest BCUT2D eigenvalue weighted by molar-refractivity contribution is 6.32. The van der Waals surface area contributed by atoms with E-state index in [0.29, 0.717) is 5.92 Å². The van der Waals surface area contributed by atoms with Crippen molar-refractivity contribution in [3.05, 3.63) is 46.0 Å². The summed E-state index contributed by atoms with van der Waals surface area (Å²) in [6.45, 7) is 15.8. The van der Waals surface area contributed by atoms with Gasteiger partial charge in [-0.2, -0.15) is 0 Å². The molecule has 0 bridgehead atoms. The van der Waals surface area contributed by atoms with Crippen molar-refractivity contribution in [2.24, 2.45) is 5.92 Å². The molecule has 0 aromatic heterocycles. The molecule has 2 rings (SSSR count). The molecule has 1 aliphatic rings. The Morgan fingerprint density at radius 1 is 0.913 bits per heavy atom. The van der Waals surface area contributed by atoms with E-state index in [1.165, 1.54) is 36.0 Å². The predicted molar refractivity (Wildman–Crippen MR) is 104 cm³/mol. The smallest absolute Gasteiger partial charge is 0.0480 e. The number of benzene rings is 1. The molecular weight excluding hydrogens is 300 g/mol. The minimum atomic E-state index is 0.0669. The lowest BCUT2D eigenvalue weighted by Gasteiger charge is -2.31. The van der Waals surface area contributed by atoms with Crippen molar-refractivity contribution in [1.82, 2.24) is 0 Å². The third kappa shape index (κ3) is 4.21. The monoisotopic (exact) mass is 332 g/mol. The molecule has 0 saturated carbocycles. The standard InChI is InChI=1S/C22H33Cl/c1-8-15-9-11-16(12-10-15)17-13-18(21(2,3)4)20(23)19(14-17)22(5,6)7/h9,11,13-16H,8,10,12H2,1-7H3. The van der Waals surface area contributed by atoms with E-state index in [1.54, 1.807) is 0 Å². The van der Waals surface area contributed by atoms with Crippen LogP contribution in [0.2, 0.25) is 5.02 Å². The summed E-state index contributed by atoms with van der Waals surface area (Å²) in [6.07, 6.45) is 8.67. The summed E-state index contributed by atoms with van der Waals surface area (Å²) in [6, 6.07) is 4.72. The van der Waals surface area contributed by atoms with E-state index < -0.39 is 0 Å². The van der Waals surface area contributed by atoms with Crippen LogP contribution in [0.15, 0.2) is 24.3 Å². The predicted octanol–water partition coefficient (Wildman–Crippen LogP) is 7.39. The third-order valence-corrected chi connectivity index (χ3v) is 5.53. The van der Waals surface area contributed by atoms with Gasteiger partial charge in [0, 0.05) is 10.9 Å². The van der Waals surface area contributed by atoms with Gasteiger partial charge in [-0.3, -0.25) is 0 Å². The van der Waals surface area contributed by atoms with Crippen LogP contribution in [-0.2, 0) is 10.8 Å². The Hall–Kier alpha value is -0.750. The van der Waals surface area contributed by atoms with Gasteiger partial charge in [-0.1, -0.05) is 84.4 Å². The number of rotatable bonds is 2. The van der Waals surface area contributed by atoms with Crippen LogP contribution in [0.3, 0.4) is 0 Å². The lowest BCUT2D eigenvalue weighted by molar-refractivity contribution is 0.497. The molecule has 128 valence electrons. The van der Waals surface area contributed by atoms with Gasteiger partial charge in [0.1, 0.15) is 0 Å². The highest BCUT2D eigenvalue weighted by Crippen LogP contribution is 2.41. The van der Waals surface area contributed by atoms with E-state index in [2.05, 4.69) is 72.8 Å². The zero-order valence-corrected chi connectivity index (χ0v) is 16.7. The Balaban J connectivity index is 2.53. The molecule has 0 heterocycles. The molecule has 0 nitrogen and oxygen atoms in total. The molecule has 0 amide bonds. The van der Waals surface area contributed by atoms with Gasteiger partial charge >= 0.3 is 0 Å². The zero-order valence-electron chi connectivity index (χ0n) is 16.0. The van der Waals surface area contributed by atoms with Crippen molar-refractivity contribution in [2.45, 2.75) is 84.5 Å². The molecule has 0 aliphatic heterocycles. The van der Waals surface area contributed by atoms with Crippen LogP contribution in [0.5, 0.6) is 0 Å². The Kier molecular flexibility index (Phi) is 5.36. The summed E-state index contributed by atoms with van der Waals surface area (Å²) in [4.78, 5) is 0. The van der Waals surface area contributed by atoms with Gasteiger partial charge in [-0.15, -0.1) is 0 Å². The van der Waals surface area contributed by atoms with Gasteiger partial charge in [-0.05, 0) is 52.7 Å². The van der Waals surface area contributed by atoms with E-state index >= 15 is 0 Å². The molecule has 1 aromatic carbocycles. The van der Waals surface area contributed by atoms with Gasteiger partial charge in [0.25, 0.3) is 0 Å². The molecule has 1 aliphatic carbocycles. The van der Waals surface area contributed by atoms with Crippen LogP contribution in [0.4, 0.5) is 0 Å². The molecule has 1 aromatic rings. The fraction of sp³-hybridized carbons (Fsp3) is 0.636. The van der Waals surface area contributed by atoms with E-state index in [0.717, 1.165) is 10.9 Å². The molecule has 0 radical (unpaired) electrons. The minimum absolute atomic E-state index is 0.0669. The largest absolute Gasteiger partial charge is 0.0848 e. The molecule has 0 fully saturated rings. The topological polar surface area (TPSA) is 0 Å². The van der Waals surface area contributed by atoms with Crippen LogP contribution in [0.1, 0.15) is 90.3 Å². The third-order valence-electron chi connectivity index (χ3n) is 5.13. The summed E-state index contributed by atoms with van der Waals surface area (Å²) in [5.41, 5.74) is 4.14. The average molecular weight is 333 g/mol. The summed E-state index contributed by atoms with van der Waals surface area (Å²) >= 11 is 6.82. The lowest BCUT2D eigenvalue weighted by atomic mass is 9.76. The van der Waals surface area contributed by atoms with Crippen molar-refractivity contribution in [3.8, 4) is 0 Å². The SMILES string of the molecule is CCC1C=CC(c2cc(C(C)(C)C)c(Cl)c(C(C)(C)C)c2)CC1. The Morgan fingerprint density at radius 3 is 1.78 bits per heavy atom. The van der Waals surface area contributed by atoms with E-state index in [-0.39, 0.29) is 10.8 Å². The summed E-state index contributed by atoms with van der Waals surface area (Å²) < 4.78 is 0. The fourth-order valence-corrected chi connectivity index (χ4v) is 4.12. The quantitative estimate of drug-likeness (QED) is 0.495. The van der Waals surface area contributed by atoms with Gasteiger partial charge in [0.2, 0.25) is 0 Å². The average Bonchev–Trinajstić information content (AvgIpc) is 2.45. The van der Waals surface area contributed by atoms with E-state index in [4.69, 9.17) is 11.6 Å². The Morgan fingerprint density at radius 2 is 1.43 bits per heavy atom. The number of hydrogen-bond donors (Lipinski definition) is 0. The molecule has 1 heteroatoms. The molecule has 2 unspecified atom stereocenters. The molecule has 2 atom stereocenters. The first-order valence-electron chi connectivity index (χ1n) is 9.06. The maximum Gasteiger partial charge on any atom is 0.0480 e. The molecule has 23 heavy (non-hydrogen) atoms. The first-order chi connectivity index (χ1) is 10.5. The van der Waals surface area contributed by atoms with E-state index in [9.17, 15) is 0 Å². The second kappa shape index (κ2) is 6.63. The Labute approximate surface area is 148 Å². The van der Waals surface area contributed by atoms with Crippen molar-refractivity contribution in [2.75, 3.05) is 0 Å². The minimum Gasteiger partial charge on any atom is -0.0848 e. The number of halogens is 1. The van der Waals surface area contributed by atoms with Crippen molar-refractivity contribution >= 4 is 11.6 Å². The molecule has 0 N–H and O–H groups in total. The normalized spacial score (nSPS) is 22.4. The molecular formula is C22H33Cl. The highest BCUT2D eigenvalue weighted by atomic mass is 35.5. The van der Waals surface area contributed by atoms with Crippen LogP contribution in [-0.4, -0.2) is 0 Å². The summed E-state index contributed by atoms with van der Waals surface area (Å²) in [5, 5.41) is 0.958. The van der Waals surface area contributed by atoms with Crippen LogP contribution < -0.4 is 0 Å². The highest BCUT2D eigenvalue weighted by Gasteiger charge is 2.27. The van der Waals surface area contributed by atoms with E-state index in [1.807, 2.05) is 0 Å². The zero-order chi connectivity index (χ0) is 17.4. The van der Waals surface area contributed by atoms with Gasteiger partial charge in [0.05, 0.1) is 0 Å². The fourth-order valence-electron chi connectivity index (χ4n) is 3.45. The van der Waals surface area contributed by atoms with Crippen molar-refractivity contribution in [1.29, 1.82) is 0 Å². The Bertz CT molecular complexity index is 546. The first kappa shape index (κ1) is 18.6. The molecule has 0 saturated heterocycles. The summed E-state index contributed by atoms with van der Waals surface area (Å²) in [5.74, 6) is 1.31. The van der Waals surface area contributed by atoms with Gasteiger partial charge in [-0.25, -0.2) is 0 Å². The first-order valence-corrected chi connectivity index (χ1v) is 9.44. The molecule has 0 spiro atoms. The van der Waals surface area contributed by atoms with Crippen LogP contribution in [0.25, 0.3) is 0 Å². The van der Waals surface area contributed by atoms with Gasteiger partial charge in [0.15, 0.2) is 0 Å². The lowest BCUT2D eigenvalue weighted by Crippen LogP contribution is -2.19.